The Bertz CT molecular complexity index is 475. The van der Waals surface area contributed by atoms with Gasteiger partial charge >= 0.3 is 0 Å². The van der Waals surface area contributed by atoms with E-state index in [1.54, 1.807) is 11.0 Å². The summed E-state index contributed by atoms with van der Waals surface area (Å²) < 4.78 is 1.63. The normalized spacial score (nSPS) is 12.1. The van der Waals surface area contributed by atoms with Gasteiger partial charge in [-0.3, -0.25) is 0 Å². The van der Waals surface area contributed by atoms with E-state index >= 15 is 0 Å². The predicted octanol–water partition coefficient (Wildman–Crippen LogP) is 2.43. The Morgan fingerprint density at radius 3 is 2.78 bits per heavy atom. The number of nitrogens with zero attached hydrogens (tertiary/aromatic N) is 4. The number of hydrogen-bond donors (Lipinski definition) is 1. The third-order valence-electron chi connectivity index (χ3n) is 2.70. The molecule has 1 atom stereocenters. The van der Waals surface area contributed by atoms with Gasteiger partial charge in [0.1, 0.15) is 6.33 Å². The fraction of sp³-hybridized carbons (Fsp3) is 0.308. The van der Waals surface area contributed by atoms with Crippen LogP contribution in [0.4, 0.5) is 5.69 Å². The molecular weight excluding hydrogens is 226 g/mol. The highest BCUT2D eigenvalue weighted by Crippen LogP contribution is 2.14. The summed E-state index contributed by atoms with van der Waals surface area (Å²) in [7, 11) is 0. The second-order valence-electron chi connectivity index (χ2n) is 4.21. The Hall–Kier alpha value is -2.17. The van der Waals surface area contributed by atoms with Gasteiger partial charge in [0.05, 0.1) is 5.69 Å². The van der Waals surface area contributed by atoms with Crippen molar-refractivity contribution in [2.75, 3.05) is 5.32 Å². The van der Waals surface area contributed by atoms with Crippen LogP contribution >= 0.6 is 0 Å². The first-order valence-corrected chi connectivity index (χ1v) is 6.00. The maximum absolute atomic E-state index is 3.84. The van der Waals surface area contributed by atoms with Gasteiger partial charge in [0, 0.05) is 11.7 Å². The molecule has 18 heavy (non-hydrogen) atoms. The summed E-state index contributed by atoms with van der Waals surface area (Å²) in [5, 5.41) is 14.5. The minimum atomic E-state index is 0.432. The van der Waals surface area contributed by atoms with Gasteiger partial charge in [-0.15, -0.1) is 11.7 Å². The number of anilines is 1. The largest absolute Gasteiger partial charge is 0.383 e. The van der Waals surface area contributed by atoms with Crippen molar-refractivity contribution in [3.8, 4) is 5.69 Å². The van der Waals surface area contributed by atoms with Gasteiger partial charge in [0.25, 0.3) is 0 Å². The summed E-state index contributed by atoms with van der Waals surface area (Å²) in [6.45, 7) is 5.90. The van der Waals surface area contributed by atoms with Crippen LogP contribution < -0.4 is 5.32 Å². The molecule has 0 bridgehead atoms. The van der Waals surface area contributed by atoms with Gasteiger partial charge in [-0.25, -0.2) is 4.68 Å². The summed E-state index contributed by atoms with van der Waals surface area (Å²) in [5.41, 5.74) is 2.05. The van der Waals surface area contributed by atoms with E-state index in [0.29, 0.717) is 6.04 Å². The highest BCUT2D eigenvalue weighted by atomic mass is 15.5. The monoisotopic (exact) mass is 243 g/mol. The van der Waals surface area contributed by atoms with Crippen LogP contribution in [0.15, 0.2) is 43.2 Å². The number of hydrogen-bond acceptors (Lipinski definition) is 4. The van der Waals surface area contributed by atoms with E-state index in [9.17, 15) is 0 Å². The van der Waals surface area contributed by atoms with Crippen molar-refractivity contribution in [3.63, 3.8) is 0 Å². The highest BCUT2D eigenvalue weighted by Gasteiger charge is 2.02. The standard InChI is InChI=1S/C13H17N5/c1-3-4-5-11(2)15-12-6-8-13(9-7-12)18-10-14-16-17-18/h3,6-11,15H,1,4-5H2,2H3. The van der Waals surface area contributed by atoms with E-state index in [4.69, 9.17) is 0 Å². The molecule has 0 fully saturated rings. The third-order valence-corrected chi connectivity index (χ3v) is 2.70. The van der Waals surface area contributed by atoms with Crippen LogP contribution in [0.2, 0.25) is 0 Å². The number of rotatable bonds is 6. The second-order valence-corrected chi connectivity index (χ2v) is 4.21. The van der Waals surface area contributed by atoms with Crippen LogP contribution in [0.1, 0.15) is 19.8 Å². The van der Waals surface area contributed by atoms with E-state index < -0.39 is 0 Å². The van der Waals surface area contributed by atoms with Gasteiger partial charge in [-0.05, 0) is 54.5 Å². The average molecular weight is 243 g/mol. The number of allylic oxidation sites excluding steroid dienone is 1. The SMILES string of the molecule is C=CCCC(C)Nc1ccc(-n2cnnn2)cc1. The van der Waals surface area contributed by atoms with E-state index in [0.717, 1.165) is 24.2 Å². The lowest BCUT2D eigenvalue weighted by Gasteiger charge is -2.14. The molecule has 1 unspecified atom stereocenters. The molecule has 94 valence electrons. The zero-order chi connectivity index (χ0) is 12.8. The molecule has 2 aromatic rings. The van der Waals surface area contributed by atoms with Crippen LogP contribution in [-0.2, 0) is 0 Å². The zero-order valence-corrected chi connectivity index (χ0v) is 10.5. The molecule has 0 aliphatic rings. The van der Waals surface area contributed by atoms with Gasteiger partial charge in [0.2, 0.25) is 0 Å². The fourth-order valence-corrected chi connectivity index (χ4v) is 1.71. The van der Waals surface area contributed by atoms with Gasteiger partial charge in [-0.1, -0.05) is 6.08 Å². The lowest BCUT2D eigenvalue weighted by molar-refractivity contribution is 0.719. The van der Waals surface area contributed by atoms with Gasteiger partial charge in [-0.2, -0.15) is 0 Å². The number of benzene rings is 1. The number of tetrazole rings is 1. The Morgan fingerprint density at radius 2 is 2.17 bits per heavy atom. The first-order chi connectivity index (χ1) is 8.79. The lowest BCUT2D eigenvalue weighted by atomic mass is 10.1. The Balaban J connectivity index is 1.97. The van der Waals surface area contributed by atoms with Crippen molar-refractivity contribution in [2.45, 2.75) is 25.8 Å². The molecule has 0 spiro atoms. The minimum absolute atomic E-state index is 0.432. The number of nitrogens with one attached hydrogen (secondary N) is 1. The predicted molar refractivity (Wildman–Crippen MR) is 71.7 cm³/mol. The lowest BCUT2D eigenvalue weighted by Crippen LogP contribution is -2.14. The van der Waals surface area contributed by atoms with Crippen LogP contribution in [0.25, 0.3) is 5.69 Å². The summed E-state index contributed by atoms with van der Waals surface area (Å²) in [6.07, 6.45) is 5.63. The van der Waals surface area contributed by atoms with Gasteiger partial charge in [0.15, 0.2) is 0 Å². The summed E-state index contributed by atoms with van der Waals surface area (Å²) in [5.74, 6) is 0. The molecule has 1 N–H and O–H groups in total. The molecule has 1 aromatic carbocycles. The van der Waals surface area contributed by atoms with Crippen molar-refractivity contribution < 1.29 is 0 Å². The van der Waals surface area contributed by atoms with Crippen molar-refractivity contribution in [2.24, 2.45) is 0 Å². The third kappa shape index (κ3) is 3.16. The first-order valence-electron chi connectivity index (χ1n) is 6.00. The Kier molecular flexibility index (Phi) is 4.06. The van der Waals surface area contributed by atoms with Crippen molar-refractivity contribution in [3.05, 3.63) is 43.2 Å². The molecule has 1 heterocycles. The second kappa shape index (κ2) is 5.95. The smallest absolute Gasteiger partial charge is 0.143 e. The van der Waals surface area contributed by atoms with E-state index in [-0.39, 0.29) is 0 Å². The number of aromatic nitrogens is 4. The van der Waals surface area contributed by atoms with Crippen LogP contribution in [0, 0.1) is 0 Å². The molecule has 1 aromatic heterocycles. The molecule has 0 amide bonds. The maximum atomic E-state index is 3.84. The fourth-order valence-electron chi connectivity index (χ4n) is 1.71. The highest BCUT2D eigenvalue weighted by molar-refractivity contribution is 5.48. The summed E-state index contributed by atoms with van der Waals surface area (Å²) in [4.78, 5) is 0. The Labute approximate surface area is 107 Å². The molecule has 0 saturated carbocycles. The minimum Gasteiger partial charge on any atom is -0.383 e. The van der Waals surface area contributed by atoms with E-state index in [1.165, 1.54) is 0 Å². The average Bonchev–Trinajstić information content (AvgIpc) is 2.91. The zero-order valence-electron chi connectivity index (χ0n) is 10.5. The summed E-state index contributed by atoms with van der Waals surface area (Å²) >= 11 is 0. The molecule has 5 nitrogen and oxygen atoms in total. The molecule has 5 heteroatoms. The van der Waals surface area contributed by atoms with Gasteiger partial charge < -0.3 is 5.32 Å². The summed E-state index contributed by atoms with van der Waals surface area (Å²) in [6, 6.07) is 8.46. The van der Waals surface area contributed by atoms with Crippen LogP contribution in [0.3, 0.4) is 0 Å². The van der Waals surface area contributed by atoms with Crippen molar-refractivity contribution >= 4 is 5.69 Å². The maximum Gasteiger partial charge on any atom is 0.143 e. The molecule has 0 saturated heterocycles. The molecule has 0 aliphatic heterocycles. The molecular formula is C13H17N5. The van der Waals surface area contributed by atoms with E-state index in [2.05, 4.69) is 34.3 Å². The van der Waals surface area contributed by atoms with Crippen molar-refractivity contribution in [1.29, 1.82) is 0 Å². The molecule has 0 aliphatic carbocycles. The topological polar surface area (TPSA) is 55.6 Å². The quantitative estimate of drug-likeness (QED) is 0.792. The van der Waals surface area contributed by atoms with E-state index in [1.807, 2.05) is 30.3 Å². The molecule has 0 radical (unpaired) electrons. The molecule has 2 rings (SSSR count). The first kappa shape index (κ1) is 12.3. The Morgan fingerprint density at radius 1 is 1.39 bits per heavy atom. The van der Waals surface area contributed by atoms with Crippen LogP contribution in [0.5, 0.6) is 0 Å². The van der Waals surface area contributed by atoms with Crippen molar-refractivity contribution in [1.82, 2.24) is 20.2 Å². The van der Waals surface area contributed by atoms with Crippen LogP contribution in [-0.4, -0.2) is 26.2 Å².